The van der Waals surface area contributed by atoms with E-state index in [1.54, 1.807) is 18.2 Å². The van der Waals surface area contributed by atoms with Crippen molar-refractivity contribution < 1.29 is 22.1 Å². The average Bonchev–Trinajstić information content (AvgIpc) is 3.15. The molecule has 1 aromatic heterocycles. The van der Waals surface area contributed by atoms with E-state index in [2.05, 4.69) is 10.1 Å². The lowest BCUT2D eigenvalue weighted by atomic mass is 10.2. The zero-order valence-corrected chi connectivity index (χ0v) is 16.7. The molecule has 28 heavy (non-hydrogen) atoms. The van der Waals surface area contributed by atoms with Crippen LogP contribution >= 0.6 is 11.6 Å². The summed E-state index contributed by atoms with van der Waals surface area (Å²) in [7, 11) is -1.04. The highest BCUT2D eigenvalue weighted by Crippen LogP contribution is 2.29. The second-order valence-corrected chi connectivity index (χ2v) is 8.32. The molecule has 1 heterocycles. The van der Waals surface area contributed by atoms with Crippen molar-refractivity contribution in [2.24, 2.45) is 0 Å². The van der Waals surface area contributed by atoms with Crippen LogP contribution in [0.25, 0.3) is 11.5 Å². The zero-order valence-electron chi connectivity index (χ0n) is 15.1. The average molecular weight is 426 g/mol. The maximum atomic E-state index is 13.8. The number of likely N-dealkylation sites (N-methyl/N-ethyl adjacent to an activating group) is 1. The number of hydrogen-bond donors (Lipinski definition) is 0. The highest BCUT2D eigenvalue weighted by molar-refractivity contribution is 7.89. The summed E-state index contributed by atoms with van der Waals surface area (Å²) in [5, 5.41) is 4.07. The molecule has 0 saturated heterocycles. The Morgan fingerprint density at radius 1 is 1.25 bits per heavy atom. The van der Waals surface area contributed by atoms with Crippen molar-refractivity contribution in [2.75, 3.05) is 20.7 Å². The first-order chi connectivity index (χ1) is 13.3. The van der Waals surface area contributed by atoms with Crippen LogP contribution < -0.4 is 4.74 Å². The van der Waals surface area contributed by atoms with Crippen molar-refractivity contribution >= 4 is 21.6 Å². The molecule has 0 bridgehead atoms. The topological polar surface area (TPSA) is 85.5 Å². The highest BCUT2D eigenvalue weighted by atomic mass is 35.5. The molecular formula is C18H17ClFN3O4S. The summed E-state index contributed by atoms with van der Waals surface area (Å²) < 4.78 is 50.8. The Bertz CT molecular complexity index is 1090. The molecule has 148 valence electrons. The number of rotatable bonds is 7. The number of methoxy groups -OCH3 is 1. The fourth-order valence-electron chi connectivity index (χ4n) is 2.50. The summed E-state index contributed by atoms with van der Waals surface area (Å²) in [5.74, 6) is 0.0107. The minimum atomic E-state index is -3.85. The molecule has 0 aliphatic heterocycles. The van der Waals surface area contributed by atoms with E-state index in [0.717, 1.165) is 4.31 Å². The van der Waals surface area contributed by atoms with Crippen LogP contribution in [-0.4, -0.2) is 43.6 Å². The minimum absolute atomic E-state index is 0.0369. The lowest BCUT2D eigenvalue weighted by Crippen LogP contribution is -2.29. The second kappa shape index (κ2) is 8.26. The van der Waals surface area contributed by atoms with Crippen LogP contribution in [0.5, 0.6) is 5.75 Å². The first-order valence-corrected chi connectivity index (χ1v) is 10.0. The van der Waals surface area contributed by atoms with Crippen LogP contribution in [0, 0.1) is 5.82 Å². The molecule has 0 unspecified atom stereocenters. The van der Waals surface area contributed by atoms with Crippen LogP contribution in [-0.2, 0) is 16.4 Å². The number of halogens is 2. The van der Waals surface area contributed by atoms with Gasteiger partial charge >= 0.3 is 0 Å². The summed E-state index contributed by atoms with van der Waals surface area (Å²) in [6.45, 7) is 0.0776. The molecule has 10 heteroatoms. The molecule has 0 aliphatic rings. The Morgan fingerprint density at radius 2 is 2.00 bits per heavy atom. The van der Waals surface area contributed by atoms with Gasteiger partial charge in [0.05, 0.1) is 12.7 Å². The molecule has 0 spiro atoms. The van der Waals surface area contributed by atoms with E-state index < -0.39 is 15.8 Å². The molecule has 0 radical (unpaired) electrons. The molecule has 0 N–H and O–H groups in total. The van der Waals surface area contributed by atoms with Crippen LogP contribution in [0.1, 0.15) is 5.82 Å². The van der Waals surface area contributed by atoms with Gasteiger partial charge in [-0.25, -0.2) is 17.1 Å². The largest absolute Gasteiger partial charge is 0.495 e. The van der Waals surface area contributed by atoms with Gasteiger partial charge in [-0.2, -0.15) is 4.98 Å². The van der Waals surface area contributed by atoms with Gasteiger partial charge in [0.25, 0.3) is 5.89 Å². The molecule has 3 rings (SSSR count). The van der Waals surface area contributed by atoms with Crippen LogP contribution in [0.4, 0.5) is 4.39 Å². The molecule has 0 amide bonds. The molecule has 0 aliphatic carbocycles. The fraction of sp³-hybridized carbons (Fsp3) is 0.222. The number of aromatic nitrogens is 2. The van der Waals surface area contributed by atoms with E-state index in [1.165, 1.54) is 38.4 Å². The van der Waals surface area contributed by atoms with Gasteiger partial charge in [0.1, 0.15) is 16.5 Å². The van der Waals surface area contributed by atoms with Crippen molar-refractivity contribution in [1.29, 1.82) is 0 Å². The number of sulfonamides is 1. The smallest absolute Gasteiger partial charge is 0.260 e. The molecule has 0 fully saturated rings. The third-order valence-corrected chi connectivity index (χ3v) is 6.15. The Labute approximate surface area is 166 Å². The maximum absolute atomic E-state index is 13.8. The quantitative estimate of drug-likeness (QED) is 0.576. The van der Waals surface area contributed by atoms with Gasteiger partial charge in [-0.15, -0.1) is 0 Å². The van der Waals surface area contributed by atoms with E-state index in [1.807, 2.05) is 0 Å². The Morgan fingerprint density at radius 3 is 2.71 bits per heavy atom. The minimum Gasteiger partial charge on any atom is -0.495 e. The van der Waals surface area contributed by atoms with Gasteiger partial charge < -0.3 is 9.26 Å². The van der Waals surface area contributed by atoms with Gasteiger partial charge in [0, 0.05) is 25.0 Å². The molecule has 0 atom stereocenters. The van der Waals surface area contributed by atoms with Crippen molar-refractivity contribution in [1.82, 2.24) is 14.4 Å². The summed E-state index contributed by atoms with van der Waals surface area (Å²) in [6.07, 6.45) is 0.177. The normalized spacial score (nSPS) is 11.8. The van der Waals surface area contributed by atoms with Crippen LogP contribution in [0.3, 0.4) is 0 Å². The van der Waals surface area contributed by atoms with Gasteiger partial charge in [0.2, 0.25) is 10.0 Å². The molecule has 7 nitrogen and oxygen atoms in total. The Hall–Kier alpha value is -2.49. The van der Waals surface area contributed by atoms with E-state index in [-0.39, 0.29) is 45.9 Å². The lowest BCUT2D eigenvalue weighted by molar-refractivity contribution is 0.396. The van der Waals surface area contributed by atoms with Gasteiger partial charge in [-0.3, -0.25) is 0 Å². The summed E-state index contributed by atoms with van der Waals surface area (Å²) >= 11 is 5.93. The fourth-order valence-corrected chi connectivity index (χ4v) is 4.08. The number of nitrogens with zero attached hydrogens (tertiary/aromatic N) is 3. The van der Waals surface area contributed by atoms with Gasteiger partial charge in [0.15, 0.2) is 5.82 Å². The van der Waals surface area contributed by atoms with Crippen LogP contribution in [0.15, 0.2) is 51.9 Å². The monoisotopic (exact) mass is 425 g/mol. The second-order valence-electron chi connectivity index (χ2n) is 5.87. The highest BCUT2D eigenvalue weighted by Gasteiger charge is 2.25. The third kappa shape index (κ3) is 4.16. The van der Waals surface area contributed by atoms with Crippen LogP contribution in [0.2, 0.25) is 5.02 Å². The van der Waals surface area contributed by atoms with Crippen molar-refractivity contribution in [3.05, 3.63) is 59.1 Å². The summed E-state index contributed by atoms with van der Waals surface area (Å²) in [4.78, 5) is 4.09. The predicted molar refractivity (Wildman–Crippen MR) is 101 cm³/mol. The lowest BCUT2D eigenvalue weighted by Gasteiger charge is -2.18. The summed E-state index contributed by atoms with van der Waals surface area (Å²) in [5.41, 5.74) is 0.186. The SMILES string of the molecule is COc1ccc(Cl)cc1S(=O)(=O)N(C)CCc1noc(-c2ccccc2F)n1. The molecule has 0 saturated carbocycles. The standard InChI is InChI=1S/C18H17ClFN3O4S/c1-23(28(24,25)16-11-12(19)7-8-15(16)26-2)10-9-17-21-18(27-22-17)13-5-3-4-6-14(13)20/h3-8,11H,9-10H2,1-2H3. The van der Waals surface area contributed by atoms with Crippen molar-refractivity contribution in [3.63, 3.8) is 0 Å². The number of ether oxygens (including phenoxy) is 1. The molecule has 2 aromatic carbocycles. The first-order valence-electron chi connectivity index (χ1n) is 8.20. The van der Waals surface area contributed by atoms with Crippen molar-refractivity contribution in [2.45, 2.75) is 11.3 Å². The third-order valence-electron chi connectivity index (χ3n) is 4.04. The Kier molecular flexibility index (Phi) is 5.97. The van der Waals surface area contributed by atoms with E-state index >= 15 is 0 Å². The molecule has 3 aromatic rings. The number of benzene rings is 2. The zero-order chi connectivity index (χ0) is 20.3. The van der Waals surface area contributed by atoms with E-state index in [9.17, 15) is 12.8 Å². The maximum Gasteiger partial charge on any atom is 0.260 e. The predicted octanol–water partition coefficient (Wildman–Crippen LogP) is 3.40. The Balaban J connectivity index is 1.75. The van der Waals surface area contributed by atoms with Gasteiger partial charge in [-0.05, 0) is 30.3 Å². The van der Waals surface area contributed by atoms with Gasteiger partial charge in [-0.1, -0.05) is 28.9 Å². The van der Waals surface area contributed by atoms with E-state index in [4.69, 9.17) is 20.9 Å². The first kappa shape index (κ1) is 20.2. The van der Waals surface area contributed by atoms with E-state index in [0.29, 0.717) is 0 Å². The van der Waals surface area contributed by atoms with Crippen molar-refractivity contribution in [3.8, 4) is 17.2 Å². The molecular weight excluding hydrogens is 409 g/mol. The summed E-state index contributed by atoms with van der Waals surface area (Å²) in [6, 6.07) is 10.4. The number of hydrogen-bond acceptors (Lipinski definition) is 6.